The summed E-state index contributed by atoms with van der Waals surface area (Å²) in [5, 5.41) is 2.93. The summed E-state index contributed by atoms with van der Waals surface area (Å²) in [6.45, 7) is 1.56. The van der Waals surface area contributed by atoms with Crippen LogP contribution in [0.3, 0.4) is 0 Å². The Morgan fingerprint density at radius 1 is 1.31 bits per heavy atom. The lowest BCUT2D eigenvalue weighted by Crippen LogP contribution is -2.52. The van der Waals surface area contributed by atoms with Gasteiger partial charge in [0.15, 0.2) is 0 Å². The van der Waals surface area contributed by atoms with Gasteiger partial charge in [-0.1, -0.05) is 0 Å². The van der Waals surface area contributed by atoms with E-state index < -0.39 is 0 Å². The fourth-order valence-electron chi connectivity index (χ4n) is 4.00. The molecule has 0 aliphatic carbocycles. The van der Waals surface area contributed by atoms with Gasteiger partial charge in [0.05, 0.1) is 12.0 Å². The highest BCUT2D eigenvalue weighted by molar-refractivity contribution is 5.84. The Bertz CT molecular complexity index is 905. The summed E-state index contributed by atoms with van der Waals surface area (Å²) in [6, 6.07) is 8.99. The van der Waals surface area contributed by atoms with Gasteiger partial charge < -0.3 is 19.9 Å². The number of nitrogens with zero attached hydrogens (tertiary/aromatic N) is 3. The molecule has 2 fully saturated rings. The fraction of sp³-hybridized carbons (Fsp3) is 0.381. The molecule has 4 rings (SSSR count). The van der Waals surface area contributed by atoms with Gasteiger partial charge in [-0.05, 0) is 48.7 Å². The Labute approximate surface area is 168 Å². The summed E-state index contributed by atoms with van der Waals surface area (Å²) in [5.74, 6) is 0.552. The zero-order chi connectivity index (χ0) is 20.4. The van der Waals surface area contributed by atoms with Gasteiger partial charge in [0.2, 0.25) is 11.8 Å². The zero-order valence-corrected chi connectivity index (χ0v) is 16.2. The van der Waals surface area contributed by atoms with Crippen molar-refractivity contribution >= 4 is 11.9 Å². The first-order valence-electron chi connectivity index (χ1n) is 9.69. The van der Waals surface area contributed by atoms with E-state index in [0.29, 0.717) is 31.3 Å². The summed E-state index contributed by atoms with van der Waals surface area (Å²) in [5.41, 5.74) is 0.832. The summed E-state index contributed by atoms with van der Waals surface area (Å²) in [6.07, 6.45) is 3.27. The fourth-order valence-corrected chi connectivity index (χ4v) is 4.00. The number of hydrogen-bond acceptors (Lipinski definition) is 4. The molecule has 0 saturated carbocycles. The average molecular weight is 398 g/mol. The molecular formula is C21H23FN4O3. The summed E-state index contributed by atoms with van der Waals surface area (Å²) in [4.78, 5) is 32.6. The second-order valence-electron chi connectivity index (χ2n) is 7.45. The van der Waals surface area contributed by atoms with E-state index in [-0.39, 0.29) is 29.7 Å². The molecule has 152 valence electrons. The minimum Gasteiger partial charge on any atom is -0.439 e. The van der Waals surface area contributed by atoms with Crippen LogP contribution in [0.1, 0.15) is 18.4 Å². The zero-order valence-electron chi connectivity index (χ0n) is 16.2. The molecule has 8 heteroatoms. The van der Waals surface area contributed by atoms with Crippen molar-refractivity contribution in [3.05, 3.63) is 54.0 Å². The monoisotopic (exact) mass is 398 g/mol. The number of hydrogen-bond donors (Lipinski definition) is 1. The van der Waals surface area contributed by atoms with Gasteiger partial charge in [-0.3, -0.25) is 4.79 Å². The van der Waals surface area contributed by atoms with E-state index in [1.165, 1.54) is 24.3 Å². The highest BCUT2D eigenvalue weighted by Crippen LogP contribution is 2.31. The largest absolute Gasteiger partial charge is 0.439 e. The number of carbonyl (C=O) groups excluding carboxylic acids is 2. The normalized spacial score (nSPS) is 21.1. The third-order valence-corrected chi connectivity index (χ3v) is 5.47. The van der Waals surface area contributed by atoms with Crippen LogP contribution < -0.4 is 10.1 Å². The van der Waals surface area contributed by atoms with Crippen LogP contribution in [0.4, 0.5) is 9.18 Å². The van der Waals surface area contributed by atoms with Crippen LogP contribution in [0.5, 0.6) is 11.6 Å². The van der Waals surface area contributed by atoms with Crippen LogP contribution in [-0.4, -0.2) is 52.9 Å². The number of likely N-dealkylation sites (N-methyl/N-ethyl adjacent to an activating group) is 1. The van der Waals surface area contributed by atoms with Crippen LogP contribution >= 0.6 is 0 Å². The first-order chi connectivity index (χ1) is 14.0. The Morgan fingerprint density at radius 2 is 2.10 bits per heavy atom. The number of likely N-dealkylation sites (tertiary alicyclic amines) is 2. The maximum atomic E-state index is 13.0. The molecule has 2 atom stereocenters. The molecule has 2 aromatic rings. The van der Waals surface area contributed by atoms with Crippen molar-refractivity contribution < 1.29 is 18.7 Å². The van der Waals surface area contributed by atoms with Crippen LogP contribution in [0.15, 0.2) is 42.6 Å². The predicted octanol–water partition coefficient (Wildman–Crippen LogP) is 2.78. The average Bonchev–Trinajstić information content (AvgIpc) is 3.02. The predicted molar refractivity (Wildman–Crippen MR) is 104 cm³/mol. The molecule has 7 nitrogen and oxygen atoms in total. The molecule has 2 saturated heterocycles. The Morgan fingerprint density at radius 3 is 2.90 bits per heavy atom. The highest BCUT2D eigenvalue weighted by atomic mass is 19.1. The summed E-state index contributed by atoms with van der Waals surface area (Å²) >= 11 is 0. The van der Waals surface area contributed by atoms with Crippen molar-refractivity contribution in [2.24, 2.45) is 5.92 Å². The number of ether oxygens (including phenoxy) is 1. The van der Waals surface area contributed by atoms with Crippen molar-refractivity contribution in [2.75, 3.05) is 20.1 Å². The molecule has 3 amide bonds. The number of carbonyl (C=O) groups is 2. The van der Waals surface area contributed by atoms with Crippen molar-refractivity contribution in [3.8, 4) is 11.6 Å². The van der Waals surface area contributed by atoms with Gasteiger partial charge in [-0.15, -0.1) is 0 Å². The van der Waals surface area contributed by atoms with E-state index in [9.17, 15) is 14.0 Å². The van der Waals surface area contributed by atoms with Crippen molar-refractivity contribution in [3.63, 3.8) is 0 Å². The van der Waals surface area contributed by atoms with Gasteiger partial charge in [0.25, 0.3) is 0 Å². The van der Waals surface area contributed by atoms with Gasteiger partial charge in [-0.25, -0.2) is 14.2 Å². The van der Waals surface area contributed by atoms with Crippen LogP contribution in [0.2, 0.25) is 0 Å². The van der Waals surface area contributed by atoms with Crippen LogP contribution in [-0.2, 0) is 11.3 Å². The standard InChI is InChI=1S/C21H23FN4O3/c1-25-13-18-17(20(25)27)3-2-10-26(18)21(28)24-12-14-8-9-23-19(11-14)29-16-6-4-15(22)5-7-16/h4-9,11,17-18H,2-3,10,12-13H2,1H3,(H,24,28)/t17-,18-/m1/s1. The molecule has 0 bridgehead atoms. The lowest BCUT2D eigenvalue weighted by molar-refractivity contribution is -0.130. The number of nitrogens with one attached hydrogen (secondary N) is 1. The van der Waals surface area contributed by atoms with E-state index in [0.717, 1.165) is 18.4 Å². The summed E-state index contributed by atoms with van der Waals surface area (Å²) < 4.78 is 18.6. The number of benzene rings is 1. The van der Waals surface area contributed by atoms with Crippen molar-refractivity contribution in [1.82, 2.24) is 20.1 Å². The molecule has 2 aliphatic heterocycles. The van der Waals surface area contributed by atoms with Crippen LogP contribution in [0.25, 0.3) is 0 Å². The van der Waals surface area contributed by atoms with Gasteiger partial charge >= 0.3 is 6.03 Å². The SMILES string of the molecule is CN1C[C@@H]2[C@@H](CCCN2C(=O)NCc2ccnc(Oc3ccc(F)cc3)c2)C1=O. The molecule has 2 aliphatic rings. The van der Waals surface area contributed by atoms with E-state index in [1.807, 2.05) is 0 Å². The van der Waals surface area contributed by atoms with E-state index >= 15 is 0 Å². The molecule has 0 spiro atoms. The number of fused-ring (bicyclic) bond motifs is 1. The smallest absolute Gasteiger partial charge is 0.318 e. The third kappa shape index (κ3) is 4.16. The maximum absolute atomic E-state index is 13.0. The quantitative estimate of drug-likeness (QED) is 0.860. The molecule has 1 N–H and O–H groups in total. The minimum atomic E-state index is -0.336. The number of urea groups is 1. The van der Waals surface area contributed by atoms with Gasteiger partial charge in [0, 0.05) is 38.9 Å². The van der Waals surface area contributed by atoms with Gasteiger partial charge in [-0.2, -0.15) is 0 Å². The molecule has 1 aromatic carbocycles. The molecular weight excluding hydrogens is 375 g/mol. The summed E-state index contributed by atoms with van der Waals surface area (Å²) in [7, 11) is 1.79. The maximum Gasteiger partial charge on any atom is 0.318 e. The van der Waals surface area contributed by atoms with Crippen molar-refractivity contribution in [1.29, 1.82) is 0 Å². The number of piperidine rings is 1. The highest BCUT2D eigenvalue weighted by Gasteiger charge is 2.45. The molecule has 1 aromatic heterocycles. The first kappa shape index (κ1) is 19.2. The Balaban J connectivity index is 1.37. The Kier molecular flexibility index (Phi) is 5.33. The number of halogens is 1. The van der Waals surface area contributed by atoms with E-state index in [1.54, 1.807) is 35.2 Å². The van der Waals surface area contributed by atoms with Crippen LogP contribution in [0, 0.1) is 11.7 Å². The minimum absolute atomic E-state index is 0.0592. The molecule has 0 unspecified atom stereocenters. The third-order valence-electron chi connectivity index (χ3n) is 5.47. The van der Waals surface area contributed by atoms with Crippen molar-refractivity contribution in [2.45, 2.75) is 25.4 Å². The van der Waals surface area contributed by atoms with E-state index in [2.05, 4.69) is 10.3 Å². The number of aromatic nitrogens is 1. The van der Waals surface area contributed by atoms with Gasteiger partial charge in [0.1, 0.15) is 11.6 Å². The Hall–Kier alpha value is -3.16. The lowest BCUT2D eigenvalue weighted by atomic mass is 9.92. The first-order valence-corrected chi connectivity index (χ1v) is 9.69. The number of pyridine rings is 1. The number of amides is 3. The second-order valence-corrected chi connectivity index (χ2v) is 7.45. The second kappa shape index (κ2) is 8.06. The number of rotatable bonds is 4. The molecule has 29 heavy (non-hydrogen) atoms. The molecule has 3 heterocycles. The molecule has 0 radical (unpaired) electrons. The topological polar surface area (TPSA) is 74.8 Å². The van der Waals surface area contributed by atoms with E-state index in [4.69, 9.17) is 4.74 Å². The lowest BCUT2D eigenvalue weighted by Gasteiger charge is -2.35.